The number of fused-ring (bicyclic) bond motifs is 1. The van der Waals surface area contributed by atoms with Crippen LogP contribution in [-0.4, -0.2) is 16.6 Å². The Morgan fingerprint density at radius 1 is 1.03 bits per heavy atom. The number of benzene rings is 2. The standard InChI is InChI=1S/C28H29N3OS/c1-6-21-15-16-26(33-21)18(2)30-31-27(32)23-17-25(29-24-10-8-7-9-22(23)24)19-11-13-20(14-12-19)28(3,4)5/h7-17H,6H2,1-5H3,(H,31,32)/b30-18-. The number of amides is 1. The van der Waals surface area contributed by atoms with Crippen LogP contribution in [0.15, 0.2) is 71.8 Å². The number of aromatic nitrogens is 1. The van der Waals surface area contributed by atoms with E-state index in [9.17, 15) is 4.79 Å². The van der Waals surface area contributed by atoms with Gasteiger partial charge in [-0.1, -0.05) is 70.2 Å². The lowest BCUT2D eigenvalue weighted by Gasteiger charge is -2.19. The number of nitrogens with zero attached hydrogens (tertiary/aromatic N) is 2. The summed E-state index contributed by atoms with van der Waals surface area (Å²) in [6.07, 6.45) is 0.993. The van der Waals surface area contributed by atoms with Gasteiger partial charge in [0.15, 0.2) is 0 Å². The number of hydrazone groups is 1. The van der Waals surface area contributed by atoms with E-state index in [0.717, 1.165) is 39.2 Å². The van der Waals surface area contributed by atoms with E-state index in [1.54, 1.807) is 11.3 Å². The zero-order chi connectivity index (χ0) is 23.6. The maximum atomic E-state index is 13.2. The first-order valence-electron chi connectivity index (χ1n) is 11.2. The lowest BCUT2D eigenvalue weighted by molar-refractivity contribution is 0.0956. The number of carbonyl (C=O) groups excluding carboxylic acids is 1. The van der Waals surface area contributed by atoms with Gasteiger partial charge in [0.1, 0.15) is 0 Å². The topological polar surface area (TPSA) is 54.4 Å². The molecule has 0 saturated heterocycles. The number of thiophene rings is 1. The Labute approximate surface area is 199 Å². The van der Waals surface area contributed by atoms with Gasteiger partial charge in [-0.2, -0.15) is 5.10 Å². The number of nitrogens with one attached hydrogen (secondary N) is 1. The maximum absolute atomic E-state index is 13.2. The molecule has 0 radical (unpaired) electrons. The molecule has 4 aromatic rings. The van der Waals surface area contributed by atoms with Gasteiger partial charge in [-0.05, 0) is 48.6 Å². The van der Waals surface area contributed by atoms with Crippen LogP contribution in [0.3, 0.4) is 0 Å². The zero-order valence-electron chi connectivity index (χ0n) is 19.8. The molecule has 0 saturated carbocycles. The van der Waals surface area contributed by atoms with Crippen LogP contribution in [0, 0.1) is 0 Å². The van der Waals surface area contributed by atoms with Crippen molar-refractivity contribution in [1.29, 1.82) is 0 Å². The van der Waals surface area contributed by atoms with Crippen LogP contribution < -0.4 is 5.43 Å². The van der Waals surface area contributed by atoms with Crippen molar-refractivity contribution >= 4 is 33.9 Å². The van der Waals surface area contributed by atoms with Gasteiger partial charge < -0.3 is 0 Å². The summed E-state index contributed by atoms with van der Waals surface area (Å²) in [7, 11) is 0. The Hall–Kier alpha value is -3.31. The minimum absolute atomic E-state index is 0.0801. The van der Waals surface area contributed by atoms with Gasteiger partial charge in [0.05, 0.1) is 27.4 Å². The fraction of sp³-hybridized carbons (Fsp3) is 0.250. The Morgan fingerprint density at radius 2 is 1.76 bits per heavy atom. The van der Waals surface area contributed by atoms with E-state index in [4.69, 9.17) is 4.98 Å². The monoisotopic (exact) mass is 455 g/mol. The summed E-state index contributed by atoms with van der Waals surface area (Å²) in [5, 5.41) is 5.18. The number of hydrogen-bond donors (Lipinski definition) is 1. The number of hydrogen-bond acceptors (Lipinski definition) is 4. The molecule has 0 atom stereocenters. The highest BCUT2D eigenvalue weighted by Crippen LogP contribution is 2.28. The summed E-state index contributed by atoms with van der Waals surface area (Å²) in [5.41, 5.74) is 7.98. The van der Waals surface area contributed by atoms with Crippen LogP contribution >= 0.6 is 11.3 Å². The molecule has 0 aliphatic carbocycles. The van der Waals surface area contributed by atoms with Crippen LogP contribution in [0.4, 0.5) is 0 Å². The molecule has 0 spiro atoms. The van der Waals surface area contributed by atoms with Crippen molar-refractivity contribution in [1.82, 2.24) is 10.4 Å². The van der Waals surface area contributed by atoms with Crippen molar-refractivity contribution in [2.45, 2.75) is 46.5 Å². The maximum Gasteiger partial charge on any atom is 0.272 e. The second-order valence-electron chi connectivity index (χ2n) is 9.16. The summed E-state index contributed by atoms with van der Waals surface area (Å²) in [6, 6.07) is 22.1. The molecule has 2 heterocycles. The first-order chi connectivity index (χ1) is 15.8. The predicted molar refractivity (Wildman–Crippen MR) is 139 cm³/mol. The number of pyridine rings is 1. The molecule has 0 fully saturated rings. The molecular weight excluding hydrogens is 426 g/mol. The zero-order valence-corrected chi connectivity index (χ0v) is 20.6. The van der Waals surface area contributed by atoms with Crippen molar-refractivity contribution in [3.63, 3.8) is 0 Å². The van der Waals surface area contributed by atoms with Crippen LogP contribution in [0.2, 0.25) is 0 Å². The minimum Gasteiger partial charge on any atom is -0.267 e. The summed E-state index contributed by atoms with van der Waals surface area (Å²) in [4.78, 5) is 20.4. The largest absolute Gasteiger partial charge is 0.272 e. The first-order valence-corrected chi connectivity index (χ1v) is 12.0. The number of carbonyl (C=O) groups is 1. The van der Waals surface area contributed by atoms with Crippen molar-refractivity contribution < 1.29 is 4.79 Å². The summed E-state index contributed by atoms with van der Waals surface area (Å²) >= 11 is 1.70. The Morgan fingerprint density at radius 3 is 2.42 bits per heavy atom. The normalized spacial score (nSPS) is 12.2. The molecule has 4 rings (SSSR count). The average Bonchev–Trinajstić information content (AvgIpc) is 3.30. The minimum atomic E-state index is -0.243. The number of rotatable bonds is 5. The quantitative estimate of drug-likeness (QED) is 0.261. The number of para-hydroxylation sites is 1. The van der Waals surface area contributed by atoms with E-state index < -0.39 is 0 Å². The third kappa shape index (κ3) is 5.04. The van der Waals surface area contributed by atoms with E-state index in [0.29, 0.717) is 5.56 Å². The van der Waals surface area contributed by atoms with Crippen LogP contribution in [0.25, 0.3) is 22.2 Å². The highest BCUT2D eigenvalue weighted by atomic mass is 32.1. The Kier molecular flexibility index (Phi) is 6.43. The van der Waals surface area contributed by atoms with Gasteiger partial charge in [-0.3, -0.25) is 4.79 Å². The van der Waals surface area contributed by atoms with Gasteiger partial charge in [0, 0.05) is 15.8 Å². The molecule has 4 nitrogen and oxygen atoms in total. The number of aryl methyl sites for hydroxylation is 1. The smallest absolute Gasteiger partial charge is 0.267 e. The fourth-order valence-electron chi connectivity index (χ4n) is 3.66. The van der Waals surface area contributed by atoms with Gasteiger partial charge in [-0.15, -0.1) is 11.3 Å². The van der Waals surface area contributed by atoms with Crippen molar-refractivity contribution in [2.75, 3.05) is 0 Å². The van der Waals surface area contributed by atoms with E-state index in [1.807, 2.05) is 37.3 Å². The van der Waals surface area contributed by atoms with E-state index >= 15 is 0 Å². The molecule has 0 aliphatic rings. The average molecular weight is 456 g/mol. The van der Waals surface area contributed by atoms with E-state index in [1.165, 1.54) is 10.4 Å². The molecule has 2 aromatic carbocycles. The van der Waals surface area contributed by atoms with Crippen LogP contribution in [0.1, 0.15) is 60.3 Å². The van der Waals surface area contributed by atoms with Crippen molar-refractivity contribution in [3.05, 3.63) is 87.6 Å². The summed E-state index contributed by atoms with van der Waals surface area (Å²) in [6.45, 7) is 10.6. The summed E-state index contributed by atoms with van der Waals surface area (Å²) in [5.74, 6) is -0.243. The predicted octanol–water partition coefficient (Wildman–Crippen LogP) is 6.98. The van der Waals surface area contributed by atoms with Crippen LogP contribution in [0.5, 0.6) is 0 Å². The lowest BCUT2D eigenvalue weighted by Crippen LogP contribution is -2.19. The van der Waals surface area contributed by atoms with Gasteiger partial charge in [-0.25, -0.2) is 10.4 Å². The molecule has 1 amide bonds. The highest BCUT2D eigenvalue weighted by molar-refractivity contribution is 7.14. The second kappa shape index (κ2) is 9.28. The third-order valence-electron chi connectivity index (χ3n) is 5.70. The molecule has 0 unspecified atom stereocenters. The van der Waals surface area contributed by atoms with E-state index in [-0.39, 0.29) is 11.3 Å². The van der Waals surface area contributed by atoms with E-state index in [2.05, 4.69) is 74.6 Å². The van der Waals surface area contributed by atoms with Crippen molar-refractivity contribution in [2.24, 2.45) is 5.10 Å². The highest BCUT2D eigenvalue weighted by Gasteiger charge is 2.16. The molecule has 0 bridgehead atoms. The second-order valence-corrected chi connectivity index (χ2v) is 10.3. The van der Waals surface area contributed by atoms with Gasteiger partial charge >= 0.3 is 0 Å². The van der Waals surface area contributed by atoms with Crippen LogP contribution in [-0.2, 0) is 11.8 Å². The fourth-order valence-corrected chi connectivity index (χ4v) is 4.56. The molecular formula is C28H29N3OS. The molecule has 168 valence electrons. The first kappa shape index (κ1) is 22.9. The Bertz CT molecular complexity index is 1330. The molecule has 0 aliphatic heterocycles. The Balaban J connectivity index is 1.68. The third-order valence-corrected chi connectivity index (χ3v) is 7.04. The van der Waals surface area contributed by atoms with Crippen molar-refractivity contribution in [3.8, 4) is 11.3 Å². The molecule has 5 heteroatoms. The van der Waals surface area contributed by atoms with Gasteiger partial charge in [0.25, 0.3) is 5.91 Å². The SMILES string of the molecule is CCc1ccc(/C(C)=N\NC(=O)c2cc(-c3ccc(C(C)(C)C)cc3)nc3ccccc23)s1. The summed E-state index contributed by atoms with van der Waals surface area (Å²) < 4.78 is 0. The van der Waals surface area contributed by atoms with Gasteiger partial charge in [0.2, 0.25) is 0 Å². The molecule has 1 N–H and O–H groups in total. The molecule has 2 aromatic heterocycles. The molecule has 33 heavy (non-hydrogen) atoms. The lowest BCUT2D eigenvalue weighted by atomic mass is 9.86.